The van der Waals surface area contributed by atoms with Crippen molar-refractivity contribution in [2.45, 2.75) is 51.2 Å². The van der Waals surface area contributed by atoms with Crippen LogP contribution in [0.1, 0.15) is 51.1 Å². The van der Waals surface area contributed by atoms with E-state index in [0.717, 1.165) is 38.2 Å². The van der Waals surface area contributed by atoms with Crippen LogP contribution in [0.4, 0.5) is 0 Å². The van der Waals surface area contributed by atoms with Gasteiger partial charge in [0.05, 0.1) is 18.2 Å². The fourth-order valence-electron chi connectivity index (χ4n) is 2.77. The average molecular weight is 417 g/mol. The summed E-state index contributed by atoms with van der Waals surface area (Å²) in [7, 11) is 0. The number of rotatable bonds is 5. The molecule has 0 radical (unpaired) electrons. The van der Waals surface area contributed by atoms with Gasteiger partial charge in [0.1, 0.15) is 0 Å². The third-order valence-corrected chi connectivity index (χ3v) is 4.06. The smallest absolute Gasteiger partial charge is 0.191 e. The molecule has 0 aliphatic heterocycles. The second-order valence-corrected chi connectivity index (χ2v) is 5.90. The van der Waals surface area contributed by atoms with Crippen molar-refractivity contribution in [3.05, 3.63) is 35.9 Å². The molecule has 5 heteroatoms. The molecular formula is C17H28IN3O. The first-order valence-electron chi connectivity index (χ1n) is 7.95. The Kier molecular flexibility index (Phi) is 8.17. The van der Waals surface area contributed by atoms with E-state index in [4.69, 9.17) is 0 Å². The predicted molar refractivity (Wildman–Crippen MR) is 103 cm³/mol. The summed E-state index contributed by atoms with van der Waals surface area (Å²) in [5.74, 6) is 0.772. The molecule has 1 aliphatic carbocycles. The molecule has 124 valence electrons. The number of aliphatic hydroxyl groups is 1. The van der Waals surface area contributed by atoms with E-state index in [-0.39, 0.29) is 30.0 Å². The maximum absolute atomic E-state index is 10.4. The summed E-state index contributed by atoms with van der Waals surface area (Å²) in [4.78, 5) is 4.58. The minimum Gasteiger partial charge on any atom is -0.388 e. The Labute approximate surface area is 150 Å². The van der Waals surface area contributed by atoms with Gasteiger partial charge in [-0.25, -0.2) is 0 Å². The highest BCUT2D eigenvalue weighted by Gasteiger charge is 2.30. The number of guanidine groups is 1. The Hall–Kier alpha value is -0.820. The van der Waals surface area contributed by atoms with Gasteiger partial charge in [0.25, 0.3) is 0 Å². The van der Waals surface area contributed by atoms with Crippen molar-refractivity contribution in [1.29, 1.82) is 0 Å². The molecule has 1 atom stereocenters. The average Bonchev–Trinajstić information content (AvgIpc) is 2.93. The number of benzene rings is 1. The lowest BCUT2D eigenvalue weighted by atomic mass is 10.0. The molecule has 0 aromatic heterocycles. The van der Waals surface area contributed by atoms with E-state index in [1.54, 1.807) is 0 Å². The van der Waals surface area contributed by atoms with E-state index >= 15 is 0 Å². The molecule has 0 amide bonds. The Balaban J connectivity index is 0.00000242. The normalized spacial score (nSPS) is 18.4. The van der Waals surface area contributed by atoms with Crippen molar-refractivity contribution >= 4 is 29.9 Å². The first-order valence-corrected chi connectivity index (χ1v) is 7.95. The maximum Gasteiger partial charge on any atom is 0.191 e. The fraction of sp³-hybridized carbons (Fsp3) is 0.588. The lowest BCUT2D eigenvalue weighted by Crippen LogP contribution is -2.40. The molecule has 4 nitrogen and oxygen atoms in total. The van der Waals surface area contributed by atoms with E-state index in [1.807, 2.05) is 18.2 Å². The second-order valence-electron chi connectivity index (χ2n) is 5.90. The van der Waals surface area contributed by atoms with Crippen molar-refractivity contribution in [2.75, 3.05) is 13.1 Å². The van der Waals surface area contributed by atoms with E-state index in [9.17, 15) is 5.11 Å². The Bertz CT molecular complexity index is 458. The van der Waals surface area contributed by atoms with Crippen LogP contribution in [0, 0.1) is 0 Å². The van der Waals surface area contributed by atoms with Crippen LogP contribution in [0.25, 0.3) is 0 Å². The second kappa shape index (κ2) is 9.35. The minimum atomic E-state index is -0.599. The van der Waals surface area contributed by atoms with Gasteiger partial charge in [0, 0.05) is 6.54 Å². The van der Waals surface area contributed by atoms with E-state index in [2.05, 4.69) is 41.6 Å². The quantitative estimate of drug-likeness (QED) is 0.392. The summed E-state index contributed by atoms with van der Waals surface area (Å²) < 4.78 is 0. The topological polar surface area (TPSA) is 56.7 Å². The molecule has 1 aromatic carbocycles. The molecular weight excluding hydrogens is 389 g/mol. The molecule has 1 aromatic rings. The molecule has 0 saturated heterocycles. The first-order chi connectivity index (χ1) is 10.1. The van der Waals surface area contributed by atoms with Gasteiger partial charge in [0.2, 0.25) is 0 Å². The van der Waals surface area contributed by atoms with Crippen molar-refractivity contribution in [3.63, 3.8) is 0 Å². The maximum atomic E-state index is 10.4. The molecule has 1 unspecified atom stereocenters. The monoisotopic (exact) mass is 417 g/mol. The Morgan fingerprint density at radius 3 is 2.50 bits per heavy atom. The SMILES string of the molecule is CCNC(=NCC1(O)CCCC1)NC(C)c1ccccc1.I. The van der Waals surface area contributed by atoms with E-state index < -0.39 is 5.60 Å². The largest absolute Gasteiger partial charge is 0.388 e. The van der Waals surface area contributed by atoms with Crippen LogP contribution in [0.15, 0.2) is 35.3 Å². The van der Waals surface area contributed by atoms with Gasteiger partial charge in [-0.3, -0.25) is 4.99 Å². The third kappa shape index (κ3) is 5.76. The lowest BCUT2D eigenvalue weighted by Gasteiger charge is -2.22. The number of hydrogen-bond donors (Lipinski definition) is 3. The zero-order valence-electron chi connectivity index (χ0n) is 13.5. The van der Waals surface area contributed by atoms with Gasteiger partial charge in [-0.2, -0.15) is 0 Å². The number of halogens is 1. The third-order valence-electron chi connectivity index (χ3n) is 4.06. The van der Waals surface area contributed by atoms with Crippen molar-refractivity contribution < 1.29 is 5.11 Å². The van der Waals surface area contributed by atoms with E-state index in [0.29, 0.717) is 6.54 Å². The van der Waals surface area contributed by atoms with Gasteiger partial charge in [-0.1, -0.05) is 43.2 Å². The number of nitrogens with zero attached hydrogens (tertiary/aromatic N) is 1. The zero-order valence-corrected chi connectivity index (χ0v) is 15.8. The molecule has 2 rings (SSSR count). The molecule has 1 saturated carbocycles. The molecule has 0 bridgehead atoms. The Morgan fingerprint density at radius 1 is 1.27 bits per heavy atom. The standard InChI is InChI=1S/C17H27N3O.HI/c1-3-18-16(19-13-17(21)11-7-8-12-17)20-14(2)15-9-5-4-6-10-15;/h4-6,9-10,14,21H,3,7-8,11-13H2,1-2H3,(H2,18,19,20);1H. The Morgan fingerprint density at radius 2 is 1.91 bits per heavy atom. The van der Waals surface area contributed by atoms with Crippen LogP contribution in [-0.4, -0.2) is 29.8 Å². The van der Waals surface area contributed by atoms with E-state index in [1.165, 1.54) is 5.56 Å². The van der Waals surface area contributed by atoms with Crippen LogP contribution < -0.4 is 10.6 Å². The molecule has 0 heterocycles. The first kappa shape index (κ1) is 19.2. The van der Waals surface area contributed by atoms with Crippen LogP contribution in [0.5, 0.6) is 0 Å². The zero-order chi connectivity index (χ0) is 15.1. The molecule has 1 fully saturated rings. The van der Waals surface area contributed by atoms with Crippen LogP contribution in [0.3, 0.4) is 0 Å². The molecule has 3 N–H and O–H groups in total. The number of nitrogens with one attached hydrogen (secondary N) is 2. The summed E-state index contributed by atoms with van der Waals surface area (Å²) in [5, 5.41) is 17.1. The highest BCUT2D eigenvalue weighted by Crippen LogP contribution is 2.29. The minimum absolute atomic E-state index is 0. The van der Waals surface area contributed by atoms with Gasteiger partial charge in [0.15, 0.2) is 5.96 Å². The van der Waals surface area contributed by atoms with Crippen molar-refractivity contribution in [3.8, 4) is 0 Å². The summed E-state index contributed by atoms with van der Waals surface area (Å²) in [6.07, 6.45) is 3.95. The summed E-state index contributed by atoms with van der Waals surface area (Å²) in [6, 6.07) is 10.5. The highest BCUT2D eigenvalue weighted by molar-refractivity contribution is 14.0. The van der Waals surface area contributed by atoms with Crippen LogP contribution >= 0.6 is 24.0 Å². The van der Waals surface area contributed by atoms with Crippen molar-refractivity contribution in [1.82, 2.24) is 10.6 Å². The molecule has 1 aliphatic rings. The van der Waals surface area contributed by atoms with Crippen LogP contribution in [0.2, 0.25) is 0 Å². The number of aliphatic imine (C=N–C) groups is 1. The summed E-state index contributed by atoms with van der Waals surface area (Å²) in [5.41, 5.74) is 0.626. The van der Waals surface area contributed by atoms with Gasteiger partial charge in [-0.05, 0) is 32.3 Å². The predicted octanol–water partition coefficient (Wildman–Crippen LogP) is 3.23. The van der Waals surface area contributed by atoms with Crippen molar-refractivity contribution in [2.24, 2.45) is 4.99 Å². The van der Waals surface area contributed by atoms with Crippen LogP contribution in [-0.2, 0) is 0 Å². The van der Waals surface area contributed by atoms with Gasteiger partial charge < -0.3 is 15.7 Å². The lowest BCUT2D eigenvalue weighted by molar-refractivity contribution is 0.0574. The fourth-order valence-corrected chi connectivity index (χ4v) is 2.77. The summed E-state index contributed by atoms with van der Waals surface area (Å²) >= 11 is 0. The molecule has 22 heavy (non-hydrogen) atoms. The van der Waals surface area contributed by atoms with Gasteiger partial charge in [-0.15, -0.1) is 24.0 Å². The molecule has 0 spiro atoms. The highest BCUT2D eigenvalue weighted by atomic mass is 127. The summed E-state index contributed by atoms with van der Waals surface area (Å²) in [6.45, 7) is 5.46. The van der Waals surface area contributed by atoms with Gasteiger partial charge >= 0.3 is 0 Å². The number of hydrogen-bond acceptors (Lipinski definition) is 2.